The number of nitrogens with zero attached hydrogens (tertiary/aromatic N) is 2. The Morgan fingerprint density at radius 3 is 2.67 bits per heavy atom. The van der Waals surface area contributed by atoms with E-state index < -0.39 is 0 Å². The van der Waals surface area contributed by atoms with E-state index in [0.717, 1.165) is 6.21 Å². The van der Waals surface area contributed by atoms with E-state index >= 15 is 0 Å². The van der Waals surface area contributed by atoms with Crippen LogP contribution in [0.3, 0.4) is 0 Å². The molecule has 0 aromatic carbocycles. The zero-order chi connectivity index (χ0) is 4.83. The lowest BCUT2D eigenvalue weighted by molar-refractivity contribution is 1.55. The maximum Gasteiger partial charge on any atom is 0.115 e. The van der Waals surface area contributed by atoms with E-state index in [4.69, 9.17) is 5.26 Å². The van der Waals surface area contributed by atoms with Crippen LogP contribution >= 0.6 is 0 Å². The second kappa shape index (κ2) is 3.72. The summed E-state index contributed by atoms with van der Waals surface area (Å²) < 4.78 is 0. The van der Waals surface area contributed by atoms with Crippen LogP contribution in [0.15, 0.2) is 4.99 Å². The van der Waals surface area contributed by atoms with Gasteiger partial charge in [0.25, 0.3) is 0 Å². The van der Waals surface area contributed by atoms with Crippen molar-refractivity contribution in [2.24, 2.45) is 4.99 Å². The molecule has 0 unspecified atom stereocenters. The highest BCUT2D eigenvalue weighted by Crippen LogP contribution is 1.49. The molecule has 2 nitrogen and oxygen atoms in total. The molecule has 0 fully saturated rings. The summed E-state index contributed by atoms with van der Waals surface area (Å²) in [5, 5.41) is 7.70. The van der Waals surface area contributed by atoms with E-state index in [1.807, 2.05) is 6.04 Å². The molecule has 0 bridgehead atoms. The Morgan fingerprint density at radius 2 is 2.50 bits per heavy atom. The van der Waals surface area contributed by atoms with Crippen molar-refractivity contribution >= 4 is 6.21 Å². The molecule has 0 rings (SSSR count). The average Bonchev–Trinajstić information content (AvgIpc) is 1.61. The summed E-state index contributed by atoms with van der Waals surface area (Å²) in [4.78, 5) is 3.13. The molecule has 0 spiro atoms. The average molecular weight is 78.1 g/mol. The lowest BCUT2D eigenvalue weighted by Crippen LogP contribution is -1.54. The Bertz CT molecular complexity index is 105. The molecule has 0 amide bonds. The number of hydrogen-bond acceptors (Lipinski definition) is 2. The number of hydrogen-bond donors (Lipinski definition) is 0. The first kappa shape index (κ1) is 4.72. The van der Waals surface area contributed by atoms with Crippen LogP contribution in [0.1, 0.15) is 0 Å². The lowest BCUT2D eigenvalue weighted by Gasteiger charge is -1.51. The maximum atomic E-state index is 7.70. The van der Waals surface area contributed by atoms with Gasteiger partial charge in [0.05, 0.1) is 0 Å². The van der Waals surface area contributed by atoms with E-state index in [-0.39, 0.29) is 0 Å². The summed E-state index contributed by atoms with van der Waals surface area (Å²) in [7, 11) is 0. The van der Waals surface area contributed by atoms with Crippen LogP contribution < -0.4 is 0 Å². The second-order valence-corrected chi connectivity index (χ2v) is 0.516. The molecular formula is C4H2N2. The highest BCUT2D eigenvalue weighted by molar-refractivity contribution is 5.75. The molecule has 0 aliphatic carbocycles. The molecule has 0 saturated heterocycles. The van der Waals surface area contributed by atoms with Crippen molar-refractivity contribution in [1.82, 2.24) is 0 Å². The van der Waals surface area contributed by atoms with E-state index in [0.29, 0.717) is 0 Å². The van der Waals surface area contributed by atoms with Crippen LogP contribution in [0.5, 0.6) is 0 Å². The van der Waals surface area contributed by atoms with Gasteiger partial charge in [0.15, 0.2) is 0 Å². The van der Waals surface area contributed by atoms with E-state index in [1.54, 1.807) is 6.07 Å². The van der Waals surface area contributed by atoms with Gasteiger partial charge in [-0.25, -0.2) is 0 Å². The molecule has 0 radical (unpaired) electrons. The molecule has 0 heterocycles. The molecule has 0 aromatic rings. The van der Waals surface area contributed by atoms with E-state index in [1.165, 1.54) is 0 Å². The SMILES string of the molecule is C#C/N=C\C#N. The molecule has 0 aliphatic rings. The maximum absolute atomic E-state index is 7.70. The van der Waals surface area contributed by atoms with Gasteiger partial charge in [0, 0.05) is 6.04 Å². The predicted octanol–water partition coefficient (Wildman–Crippen LogP) is 0.171. The normalized spacial score (nSPS) is 7.00. The third-order valence-corrected chi connectivity index (χ3v) is 0.197. The summed E-state index contributed by atoms with van der Waals surface area (Å²) in [5.74, 6) is 0. The highest BCUT2D eigenvalue weighted by Gasteiger charge is 1.51. The molecule has 6 heavy (non-hydrogen) atoms. The van der Waals surface area contributed by atoms with Crippen molar-refractivity contribution in [2.75, 3.05) is 0 Å². The fourth-order valence-electron chi connectivity index (χ4n) is 0.0661. The quantitative estimate of drug-likeness (QED) is 0.300. The van der Waals surface area contributed by atoms with E-state index in [2.05, 4.69) is 11.4 Å². The zero-order valence-electron chi connectivity index (χ0n) is 3.05. The van der Waals surface area contributed by atoms with Crippen molar-refractivity contribution in [3.8, 4) is 18.5 Å². The molecule has 2 heteroatoms. The first-order valence-corrected chi connectivity index (χ1v) is 1.28. The number of aliphatic imine (C=N–C) groups is 1. The molecule has 0 aromatic heterocycles. The van der Waals surface area contributed by atoms with Gasteiger partial charge in [0.1, 0.15) is 12.3 Å². The van der Waals surface area contributed by atoms with Gasteiger partial charge in [-0.3, -0.25) is 0 Å². The summed E-state index contributed by atoms with van der Waals surface area (Å²) in [6, 6.07) is 3.55. The van der Waals surface area contributed by atoms with Gasteiger partial charge >= 0.3 is 0 Å². The third-order valence-electron chi connectivity index (χ3n) is 0.197. The summed E-state index contributed by atoms with van der Waals surface area (Å²) in [6.45, 7) is 0. The van der Waals surface area contributed by atoms with Crippen LogP contribution in [0.25, 0.3) is 0 Å². The standard InChI is InChI=1S/C4H2N2/c1-2-6-4-3-5/h1,4H/b6-4-. The molecule has 0 aliphatic heterocycles. The van der Waals surface area contributed by atoms with Crippen molar-refractivity contribution in [2.45, 2.75) is 0 Å². The minimum atomic E-state index is 1.00. The molecular weight excluding hydrogens is 76.1 g/mol. The number of nitriles is 1. The fourth-order valence-corrected chi connectivity index (χ4v) is 0.0661. The van der Waals surface area contributed by atoms with Crippen molar-refractivity contribution in [3.63, 3.8) is 0 Å². The minimum absolute atomic E-state index is 1.00. The third kappa shape index (κ3) is 2.72. The summed E-state index contributed by atoms with van der Waals surface area (Å²) >= 11 is 0. The van der Waals surface area contributed by atoms with Crippen LogP contribution in [0.4, 0.5) is 0 Å². The molecule has 0 atom stereocenters. The number of rotatable bonds is 0. The van der Waals surface area contributed by atoms with Gasteiger partial charge < -0.3 is 0 Å². The molecule has 28 valence electrons. The highest BCUT2D eigenvalue weighted by atomic mass is 14.6. The first-order chi connectivity index (χ1) is 2.91. The topological polar surface area (TPSA) is 36.1 Å². The molecule has 0 saturated carbocycles. The monoisotopic (exact) mass is 78.0 g/mol. The number of terminal acetylenes is 1. The minimum Gasteiger partial charge on any atom is -0.195 e. The van der Waals surface area contributed by atoms with Crippen LogP contribution in [0.2, 0.25) is 0 Å². The Morgan fingerprint density at radius 1 is 1.83 bits per heavy atom. The van der Waals surface area contributed by atoms with E-state index in [9.17, 15) is 0 Å². The summed E-state index contributed by atoms with van der Waals surface area (Å²) in [5.41, 5.74) is 0. The van der Waals surface area contributed by atoms with Crippen LogP contribution in [0, 0.1) is 23.8 Å². The molecule has 0 N–H and O–H groups in total. The fraction of sp³-hybridized carbons (Fsp3) is 0. The van der Waals surface area contributed by atoms with Gasteiger partial charge in [0.2, 0.25) is 0 Å². The van der Waals surface area contributed by atoms with Crippen molar-refractivity contribution in [1.29, 1.82) is 5.26 Å². The van der Waals surface area contributed by atoms with Gasteiger partial charge in [-0.1, -0.05) is 6.42 Å². The van der Waals surface area contributed by atoms with Gasteiger partial charge in [-0.05, 0) is 0 Å². The first-order valence-electron chi connectivity index (χ1n) is 1.28. The second-order valence-electron chi connectivity index (χ2n) is 0.516. The smallest absolute Gasteiger partial charge is 0.115 e. The van der Waals surface area contributed by atoms with Crippen LogP contribution in [-0.2, 0) is 0 Å². The Balaban J connectivity index is 3.36. The zero-order valence-corrected chi connectivity index (χ0v) is 3.05. The van der Waals surface area contributed by atoms with Crippen LogP contribution in [-0.4, -0.2) is 6.21 Å². The van der Waals surface area contributed by atoms with Gasteiger partial charge in [-0.15, -0.1) is 0 Å². The Labute approximate surface area is 36.1 Å². The van der Waals surface area contributed by atoms with Gasteiger partial charge in [-0.2, -0.15) is 10.3 Å². The largest absolute Gasteiger partial charge is 0.195 e. The summed E-state index contributed by atoms with van der Waals surface area (Å²) in [6.07, 6.45) is 5.62. The van der Waals surface area contributed by atoms with Crippen molar-refractivity contribution in [3.05, 3.63) is 0 Å². The Kier molecular flexibility index (Phi) is 2.93. The lowest BCUT2D eigenvalue weighted by atomic mass is 10.8. The predicted molar refractivity (Wildman–Crippen MR) is 22.9 cm³/mol. The van der Waals surface area contributed by atoms with Crippen molar-refractivity contribution < 1.29 is 0 Å². The Hall–Kier alpha value is -1.28.